The van der Waals surface area contributed by atoms with Crippen LogP contribution in [0.15, 0.2) is 177 Å². The average molecular weight is 1020 g/mol. The first-order valence-electron chi connectivity index (χ1n) is 18.4. The summed E-state index contributed by atoms with van der Waals surface area (Å²) < 4.78 is 68.8. The molecule has 0 spiro atoms. The Hall–Kier alpha value is -6.87. The van der Waals surface area contributed by atoms with Crippen LogP contribution in [0.2, 0.25) is 0 Å². The van der Waals surface area contributed by atoms with E-state index in [1.807, 2.05) is 91.0 Å². The molecule has 4 heterocycles. The molecular weight excluding hydrogens is 982 g/mol. The first kappa shape index (κ1) is 58.1. The zero-order valence-corrected chi connectivity index (χ0v) is 40.1. The first-order valence-corrected chi connectivity index (χ1v) is 20.4. The summed E-state index contributed by atoms with van der Waals surface area (Å²) in [6, 6.07) is 33.0. The molecule has 0 aliphatic carbocycles. The molecule has 0 radical (unpaired) electrons. The number of rotatable bonds is 11. The molecular formula is C45H38ClNaO19Se. The molecule has 0 aliphatic heterocycles. The van der Waals surface area contributed by atoms with E-state index in [1.54, 1.807) is 6.92 Å². The fourth-order valence-electron chi connectivity index (χ4n) is 4.70. The van der Waals surface area contributed by atoms with Crippen LogP contribution in [0.1, 0.15) is 49.3 Å². The molecule has 0 bridgehead atoms. The van der Waals surface area contributed by atoms with Crippen molar-refractivity contribution in [2.45, 2.75) is 33.7 Å². The third-order valence-electron chi connectivity index (χ3n) is 7.72. The van der Waals surface area contributed by atoms with Crippen LogP contribution in [-0.4, -0.2) is 37.3 Å². The molecule has 19 nitrogen and oxygen atoms in total. The Morgan fingerprint density at radius 1 is 0.582 bits per heavy atom. The van der Waals surface area contributed by atoms with Gasteiger partial charge in [-0.2, -0.15) is 0 Å². The van der Waals surface area contributed by atoms with E-state index in [2.05, 4.69) is 4.42 Å². The van der Waals surface area contributed by atoms with Crippen LogP contribution in [0.3, 0.4) is 0 Å². The van der Waals surface area contributed by atoms with E-state index in [0.717, 1.165) is 29.0 Å². The Balaban J connectivity index is 0.000000435. The van der Waals surface area contributed by atoms with Gasteiger partial charge in [0.15, 0.2) is 6.29 Å². The molecule has 346 valence electrons. The number of ether oxygens (including phenoxy) is 3. The van der Waals surface area contributed by atoms with Crippen molar-refractivity contribution in [3.63, 3.8) is 0 Å². The van der Waals surface area contributed by atoms with E-state index >= 15 is 0 Å². The Morgan fingerprint density at radius 2 is 0.925 bits per heavy atom. The van der Waals surface area contributed by atoms with Crippen molar-refractivity contribution < 1.29 is 110 Å². The summed E-state index contributed by atoms with van der Waals surface area (Å²) in [6.07, 6.45) is 5.27. The van der Waals surface area contributed by atoms with Gasteiger partial charge < -0.3 is 51.4 Å². The molecule has 67 heavy (non-hydrogen) atoms. The van der Waals surface area contributed by atoms with Gasteiger partial charge in [0.25, 0.3) is 5.76 Å². The minimum atomic E-state index is -1.62. The topological polar surface area (TPSA) is 303 Å². The summed E-state index contributed by atoms with van der Waals surface area (Å²) in [5, 5.41) is 17.7. The number of benzene rings is 3. The number of aryl methyl sites for hydroxylation is 2. The third-order valence-corrected chi connectivity index (χ3v) is 7.72. The van der Waals surface area contributed by atoms with Gasteiger partial charge in [-0.15, -0.1) is 0 Å². The van der Waals surface area contributed by atoms with Crippen molar-refractivity contribution in [1.82, 2.24) is 0 Å². The Morgan fingerprint density at radius 3 is 1.31 bits per heavy atom. The van der Waals surface area contributed by atoms with Gasteiger partial charge in [-0.25, -0.2) is 4.79 Å². The maximum absolute atomic E-state index is 11.5. The molecule has 0 saturated carbocycles. The Bertz CT molecular complexity index is 2810. The van der Waals surface area contributed by atoms with Crippen molar-refractivity contribution in [2.24, 2.45) is 0 Å². The largest absolute Gasteiger partial charge is 1.00 e. The molecule has 7 rings (SSSR count). The standard InChI is InChI=1S/C13H10O5.C13H10O4.C13H12O3.C6H6O3.ClO2.Na.O2Se/c14-10-6-7-17-12(13(15)16)11(10)18-8-9-4-2-1-3-5-9;14-8-12-13(11(15)6-7-16-12)17-9-10-4-2-1-3-5-10;1-10-13(12(14)7-8-15-10)16-9-11-5-3-2-4-6-11;1-4-6(8)5(7)2-3-9-4;2-1-3;;1-3-2/h1-7H,8H2,(H,15,16);1-8H,9H2;2-8H,9H2,1H3;2-3,8H,1H3;;;/q;;;;-1;+1;. The number of aromatic hydroxyl groups is 1. The SMILES string of the molecule is Cc1occc(=O)c1O.Cc1occc(=O)c1OCc1ccccc1.O=C(O)c1occc(=O)c1OCc1ccccc1.O=Cc1occc(=O)c1OCc1ccccc1.O=[Se]=O.[Na+].[O-][Cl+][O-]. The van der Waals surface area contributed by atoms with Crippen LogP contribution in [0.25, 0.3) is 0 Å². The van der Waals surface area contributed by atoms with Crippen molar-refractivity contribution in [3.8, 4) is 23.0 Å². The number of carbonyl (C=O) groups is 2. The molecule has 22 heteroatoms. The van der Waals surface area contributed by atoms with Gasteiger partial charge in [0, 0.05) is 24.3 Å². The molecule has 0 aliphatic rings. The molecule has 0 fully saturated rings. The van der Waals surface area contributed by atoms with E-state index in [1.165, 1.54) is 43.9 Å². The fraction of sp³-hybridized carbons (Fsp3) is 0.111. The van der Waals surface area contributed by atoms with Crippen molar-refractivity contribution >= 4 is 27.1 Å². The third kappa shape index (κ3) is 21.8. The van der Waals surface area contributed by atoms with Gasteiger partial charge >= 0.3 is 58.0 Å². The molecule has 3 aromatic carbocycles. The molecule has 0 amide bonds. The number of carboxylic acid groups (broad SMARTS) is 1. The number of halogens is 1. The van der Waals surface area contributed by atoms with Crippen LogP contribution in [-0.2, 0) is 27.5 Å². The van der Waals surface area contributed by atoms with Crippen LogP contribution in [0, 0.1) is 25.2 Å². The second kappa shape index (κ2) is 33.6. The van der Waals surface area contributed by atoms with E-state index in [4.69, 9.17) is 54.7 Å². The van der Waals surface area contributed by atoms with E-state index in [-0.39, 0.29) is 88.1 Å². The molecule has 0 saturated heterocycles. The van der Waals surface area contributed by atoms with E-state index < -0.39 is 48.7 Å². The zero-order chi connectivity index (χ0) is 48.7. The second-order valence-corrected chi connectivity index (χ2v) is 12.6. The number of aromatic carboxylic acids is 1. The van der Waals surface area contributed by atoms with Gasteiger partial charge in [0.05, 0.1) is 36.4 Å². The molecule has 0 unspecified atom stereocenters. The van der Waals surface area contributed by atoms with E-state index in [9.17, 15) is 28.8 Å². The smallest absolute Gasteiger partial charge is 0.544 e. The minimum absolute atomic E-state index is 0. The average Bonchev–Trinajstić information content (AvgIpc) is 3.32. The first-order chi connectivity index (χ1) is 31.8. The van der Waals surface area contributed by atoms with Gasteiger partial charge in [-0.05, 0) is 30.5 Å². The van der Waals surface area contributed by atoms with Gasteiger partial charge in [-0.3, -0.25) is 24.0 Å². The van der Waals surface area contributed by atoms with Crippen LogP contribution < -0.4 is 74.8 Å². The summed E-state index contributed by atoms with van der Waals surface area (Å²) in [4.78, 5) is 66.6. The Labute approximate surface area is 411 Å². The van der Waals surface area contributed by atoms with Crippen molar-refractivity contribution in [3.05, 3.63) is 221 Å². The number of carbonyl (C=O) groups excluding carboxylic acids is 1. The maximum Gasteiger partial charge on any atom is 1.00 e. The van der Waals surface area contributed by atoms with Crippen molar-refractivity contribution in [2.75, 3.05) is 0 Å². The molecule has 4 aromatic heterocycles. The summed E-state index contributed by atoms with van der Waals surface area (Å²) in [7, 11) is 0. The van der Waals surface area contributed by atoms with E-state index in [0.29, 0.717) is 18.7 Å². The number of aldehydes is 1. The van der Waals surface area contributed by atoms with Crippen LogP contribution in [0.5, 0.6) is 23.0 Å². The van der Waals surface area contributed by atoms with Crippen LogP contribution in [0.4, 0.5) is 0 Å². The zero-order valence-electron chi connectivity index (χ0n) is 35.6. The summed E-state index contributed by atoms with van der Waals surface area (Å²) >= 11 is -2.04. The maximum atomic E-state index is 11.5. The summed E-state index contributed by atoms with van der Waals surface area (Å²) in [5.74, 6) is -1.52. The normalized spacial score (nSPS) is 9.31. The second-order valence-electron chi connectivity index (χ2n) is 12.2. The minimum Gasteiger partial charge on any atom is -0.544 e. The van der Waals surface area contributed by atoms with Crippen LogP contribution >= 0.6 is 0 Å². The summed E-state index contributed by atoms with van der Waals surface area (Å²) in [6.45, 7) is 3.93. The summed E-state index contributed by atoms with van der Waals surface area (Å²) in [5.41, 5.74) is 1.32. The molecule has 0 atom stereocenters. The predicted octanol–water partition coefficient (Wildman–Crippen LogP) is 1.14. The quantitative estimate of drug-likeness (QED) is 0.136. The molecule has 7 aromatic rings. The predicted molar refractivity (Wildman–Crippen MR) is 223 cm³/mol. The Kier molecular flexibility index (Phi) is 29.1. The van der Waals surface area contributed by atoms with Gasteiger partial charge in [0.2, 0.25) is 50.5 Å². The monoisotopic (exact) mass is 1020 g/mol. The number of hydrogen-bond acceptors (Lipinski definition) is 18. The number of hydrogen-bond donors (Lipinski definition) is 2. The van der Waals surface area contributed by atoms with Gasteiger partial charge in [-0.1, -0.05) is 91.0 Å². The number of carboxylic acids is 1. The van der Waals surface area contributed by atoms with Gasteiger partial charge in [0.1, 0.15) is 31.3 Å². The fourth-order valence-corrected chi connectivity index (χ4v) is 4.70. The molecule has 2 N–H and O–H groups in total. The van der Waals surface area contributed by atoms with Crippen molar-refractivity contribution in [1.29, 1.82) is 0 Å².